The summed E-state index contributed by atoms with van der Waals surface area (Å²) in [6, 6.07) is 11.4. The third kappa shape index (κ3) is 3.81. The molecule has 1 aromatic heterocycles. The molecule has 0 radical (unpaired) electrons. The number of nitrogens with one attached hydrogen (secondary N) is 2. The third-order valence-electron chi connectivity index (χ3n) is 3.33. The molecule has 4 nitrogen and oxygen atoms in total. The SMILES string of the molecule is C/C(=N\NC(=O)c1ccc(C(C)(C)C)cc1)c1ccc[nH]1. The molecule has 0 unspecified atom stereocenters. The molecular weight excluding hydrogens is 262 g/mol. The van der Waals surface area contributed by atoms with Gasteiger partial charge >= 0.3 is 0 Å². The van der Waals surface area contributed by atoms with E-state index < -0.39 is 0 Å². The van der Waals surface area contributed by atoms with Crippen molar-refractivity contribution in [3.05, 3.63) is 59.4 Å². The average Bonchev–Trinajstić information content (AvgIpc) is 2.98. The molecule has 21 heavy (non-hydrogen) atoms. The van der Waals surface area contributed by atoms with Gasteiger partial charge in [0.05, 0.1) is 11.4 Å². The van der Waals surface area contributed by atoms with E-state index in [-0.39, 0.29) is 11.3 Å². The lowest BCUT2D eigenvalue weighted by Crippen LogP contribution is -2.20. The van der Waals surface area contributed by atoms with Crippen LogP contribution in [0.1, 0.15) is 49.3 Å². The molecule has 2 rings (SSSR count). The highest BCUT2D eigenvalue weighted by Crippen LogP contribution is 2.22. The zero-order valence-corrected chi connectivity index (χ0v) is 12.9. The second-order valence-corrected chi connectivity index (χ2v) is 6.05. The summed E-state index contributed by atoms with van der Waals surface area (Å²) in [6.45, 7) is 8.28. The minimum absolute atomic E-state index is 0.0807. The summed E-state index contributed by atoms with van der Waals surface area (Å²) in [5.41, 5.74) is 6.08. The van der Waals surface area contributed by atoms with Crippen LogP contribution in [0.5, 0.6) is 0 Å². The number of hydrogen-bond donors (Lipinski definition) is 2. The minimum atomic E-state index is -0.207. The summed E-state index contributed by atoms with van der Waals surface area (Å²) in [5.74, 6) is -0.207. The maximum Gasteiger partial charge on any atom is 0.271 e. The molecule has 0 saturated heterocycles. The van der Waals surface area contributed by atoms with Gasteiger partial charge in [-0.05, 0) is 42.2 Å². The van der Waals surface area contributed by atoms with Crippen molar-refractivity contribution in [2.45, 2.75) is 33.1 Å². The predicted molar refractivity (Wildman–Crippen MR) is 85.6 cm³/mol. The van der Waals surface area contributed by atoms with Crippen LogP contribution in [0.4, 0.5) is 0 Å². The van der Waals surface area contributed by atoms with Crippen LogP contribution in [-0.4, -0.2) is 16.6 Å². The summed E-state index contributed by atoms with van der Waals surface area (Å²) in [5, 5.41) is 4.10. The van der Waals surface area contributed by atoms with Gasteiger partial charge in [-0.15, -0.1) is 0 Å². The topological polar surface area (TPSA) is 57.2 Å². The molecule has 0 bridgehead atoms. The van der Waals surface area contributed by atoms with E-state index in [0.717, 1.165) is 11.4 Å². The molecule has 110 valence electrons. The first-order chi connectivity index (χ1) is 9.88. The second-order valence-electron chi connectivity index (χ2n) is 6.05. The van der Waals surface area contributed by atoms with Crippen molar-refractivity contribution < 1.29 is 4.79 Å². The highest BCUT2D eigenvalue weighted by molar-refractivity contribution is 5.99. The summed E-state index contributed by atoms with van der Waals surface area (Å²) < 4.78 is 0. The molecular formula is C17H21N3O. The van der Waals surface area contributed by atoms with Crippen LogP contribution < -0.4 is 5.43 Å². The van der Waals surface area contributed by atoms with Gasteiger partial charge in [0.25, 0.3) is 5.91 Å². The highest BCUT2D eigenvalue weighted by atomic mass is 16.2. The van der Waals surface area contributed by atoms with Crippen molar-refractivity contribution in [2.75, 3.05) is 0 Å². The van der Waals surface area contributed by atoms with E-state index in [1.807, 2.05) is 49.5 Å². The van der Waals surface area contributed by atoms with Gasteiger partial charge in [0.2, 0.25) is 0 Å². The van der Waals surface area contributed by atoms with Gasteiger partial charge in [-0.2, -0.15) is 5.10 Å². The van der Waals surface area contributed by atoms with Crippen LogP contribution in [0.15, 0.2) is 47.7 Å². The number of H-pyrrole nitrogens is 1. The molecule has 0 atom stereocenters. The Labute approximate surface area is 125 Å². The first-order valence-corrected chi connectivity index (χ1v) is 6.97. The monoisotopic (exact) mass is 283 g/mol. The van der Waals surface area contributed by atoms with Gasteiger partial charge in [0.15, 0.2) is 0 Å². The van der Waals surface area contributed by atoms with Crippen molar-refractivity contribution in [3.8, 4) is 0 Å². The molecule has 0 spiro atoms. The van der Waals surface area contributed by atoms with E-state index >= 15 is 0 Å². The molecule has 0 fully saturated rings. The number of rotatable bonds is 3. The third-order valence-corrected chi connectivity index (χ3v) is 3.33. The Bertz CT molecular complexity index is 632. The number of nitrogens with zero attached hydrogens (tertiary/aromatic N) is 1. The van der Waals surface area contributed by atoms with Crippen LogP contribution in [-0.2, 0) is 5.41 Å². The van der Waals surface area contributed by atoms with Gasteiger partial charge in [-0.3, -0.25) is 4.79 Å². The number of hydrazone groups is 1. The molecule has 1 amide bonds. The largest absolute Gasteiger partial charge is 0.360 e. The molecule has 2 aromatic rings. The smallest absolute Gasteiger partial charge is 0.271 e. The van der Waals surface area contributed by atoms with Crippen molar-refractivity contribution in [1.29, 1.82) is 0 Å². The van der Waals surface area contributed by atoms with Crippen LogP contribution in [0.25, 0.3) is 0 Å². The molecule has 2 N–H and O–H groups in total. The van der Waals surface area contributed by atoms with Crippen molar-refractivity contribution >= 4 is 11.6 Å². The fourth-order valence-corrected chi connectivity index (χ4v) is 1.94. The lowest BCUT2D eigenvalue weighted by Gasteiger charge is -2.18. The average molecular weight is 283 g/mol. The summed E-state index contributed by atoms with van der Waals surface area (Å²) in [4.78, 5) is 15.1. The Morgan fingerprint density at radius 3 is 2.33 bits per heavy atom. The standard InChI is InChI=1S/C17H21N3O/c1-12(15-6-5-11-18-15)19-20-16(21)13-7-9-14(10-8-13)17(2,3)4/h5-11,18H,1-4H3,(H,20,21)/b19-12+. The number of carbonyl (C=O) groups is 1. The highest BCUT2D eigenvalue weighted by Gasteiger charge is 2.14. The number of aromatic amines is 1. The molecule has 0 aliphatic rings. The second kappa shape index (κ2) is 5.95. The zero-order valence-electron chi connectivity index (χ0n) is 12.9. The zero-order chi connectivity index (χ0) is 15.5. The van der Waals surface area contributed by atoms with Gasteiger partial charge < -0.3 is 4.98 Å². The first-order valence-electron chi connectivity index (χ1n) is 6.97. The molecule has 1 aromatic carbocycles. The van der Waals surface area contributed by atoms with Crippen molar-refractivity contribution in [1.82, 2.24) is 10.4 Å². The molecule has 0 aliphatic carbocycles. The molecule has 0 saturated carbocycles. The fourth-order valence-electron chi connectivity index (χ4n) is 1.94. The van der Waals surface area contributed by atoms with Crippen LogP contribution >= 0.6 is 0 Å². The molecule has 4 heteroatoms. The van der Waals surface area contributed by atoms with E-state index in [1.165, 1.54) is 5.56 Å². The Hall–Kier alpha value is -2.36. The van der Waals surface area contributed by atoms with Crippen LogP contribution in [0.2, 0.25) is 0 Å². The fraction of sp³-hybridized carbons (Fsp3) is 0.294. The summed E-state index contributed by atoms with van der Waals surface area (Å²) in [6.07, 6.45) is 1.82. The van der Waals surface area contributed by atoms with E-state index in [1.54, 1.807) is 0 Å². The number of aromatic nitrogens is 1. The Balaban J connectivity index is 2.06. The summed E-state index contributed by atoms with van der Waals surface area (Å²) >= 11 is 0. The molecule has 0 aliphatic heterocycles. The normalized spacial score (nSPS) is 12.3. The number of benzene rings is 1. The first kappa shape index (κ1) is 15.0. The minimum Gasteiger partial charge on any atom is -0.360 e. The number of hydrogen-bond acceptors (Lipinski definition) is 2. The Kier molecular flexibility index (Phi) is 4.26. The van der Waals surface area contributed by atoms with Crippen LogP contribution in [0.3, 0.4) is 0 Å². The lowest BCUT2D eigenvalue weighted by molar-refractivity contribution is 0.0955. The van der Waals surface area contributed by atoms with Gasteiger partial charge in [0.1, 0.15) is 0 Å². The van der Waals surface area contributed by atoms with E-state index in [0.29, 0.717) is 5.56 Å². The maximum absolute atomic E-state index is 12.1. The molecule has 1 heterocycles. The van der Waals surface area contributed by atoms with E-state index in [4.69, 9.17) is 0 Å². The van der Waals surface area contributed by atoms with Gasteiger partial charge in [-0.25, -0.2) is 5.43 Å². The Morgan fingerprint density at radius 1 is 1.14 bits per heavy atom. The number of amides is 1. The van der Waals surface area contributed by atoms with Crippen molar-refractivity contribution in [3.63, 3.8) is 0 Å². The van der Waals surface area contributed by atoms with Gasteiger partial charge in [0, 0.05) is 11.8 Å². The van der Waals surface area contributed by atoms with Crippen molar-refractivity contribution in [2.24, 2.45) is 5.10 Å². The predicted octanol–water partition coefficient (Wildman–Crippen LogP) is 3.47. The Morgan fingerprint density at radius 2 is 1.81 bits per heavy atom. The van der Waals surface area contributed by atoms with E-state index in [2.05, 4.69) is 36.3 Å². The quantitative estimate of drug-likeness (QED) is 0.657. The number of carbonyl (C=O) groups excluding carboxylic acids is 1. The lowest BCUT2D eigenvalue weighted by atomic mass is 9.87. The van der Waals surface area contributed by atoms with Gasteiger partial charge in [-0.1, -0.05) is 32.9 Å². The van der Waals surface area contributed by atoms with E-state index in [9.17, 15) is 4.79 Å². The van der Waals surface area contributed by atoms with Crippen LogP contribution in [0, 0.1) is 0 Å². The summed E-state index contributed by atoms with van der Waals surface area (Å²) in [7, 11) is 0. The maximum atomic E-state index is 12.1.